The molecule has 2 amide bonds. The fraction of sp³-hybridized carbons (Fsp3) is 0.533. The Labute approximate surface area is 127 Å². The van der Waals surface area contributed by atoms with Crippen LogP contribution in [-0.2, 0) is 6.18 Å². The lowest BCUT2D eigenvalue weighted by Gasteiger charge is -2.20. The predicted molar refractivity (Wildman–Crippen MR) is 80.1 cm³/mol. The second kappa shape index (κ2) is 6.06. The van der Waals surface area contributed by atoms with E-state index >= 15 is 0 Å². The van der Waals surface area contributed by atoms with Crippen LogP contribution in [0.4, 0.5) is 29.3 Å². The van der Waals surface area contributed by atoms with E-state index in [1.807, 2.05) is 6.92 Å². The van der Waals surface area contributed by atoms with Crippen LogP contribution >= 0.6 is 0 Å². The summed E-state index contributed by atoms with van der Waals surface area (Å²) < 4.78 is 39.5. The third-order valence-corrected chi connectivity index (χ3v) is 3.76. The van der Waals surface area contributed by atoms with E-state index in [0.717, 1.165) is 18.9 Å². The number of halogens is 3. The van der Waals surface area contributed by atoms with E-state index in [2.05, 4.69) is 10.6 Å². The quantitative estimate of drug-likeness (QED) is 0.890. The molecule has 2 rings (SSSR count). The lowest BCUT2D eigenvalue weighted by Crippen LogP contribution is -2.37. The summed E-state index contributed by atoms with van der Waals surface area (Å²) in [6.07, 6.45) is -2.43. The molecule has 1 aliphatic carbocycles. The fourth-order valence-electron chi connectivity index (χ4n) is 2.23. The summed E-state index contributed by atoms with van der Waals surface area (Å²) >= 11 is 0. The molecular weight excluding hydrogens is 295 g/mol. The van der Waals surface area contributed by atoms with Gasteiger partial charge in [0.25, 0.3) is 0 Å². The Hall–Kier alpha value is -1.92. The highest BCUT2D eigenvalue weighted by Gasteiger charge is 2.35. The summed E-state index contributed by atoms with van der Waals surface area (Å²) in [6.45, 7) is 1.86. The van der Waals surface area contributed by atoms with Crippen molar-refractivity contribution in [2.24, 2.45) is 5.92 Å². The molecule has 1 saturated carbocycles. The Bertz CT molecular complexity index is 553. The SMILES string of the molecule is CC(NC(=O)Nc1ccc(N(C)C)cc1C(F)(F)F)C1CC1. The van der Waals surface area contributed by atoms with E-state index in [-0.39, 0.29) is 11.7 Å². The smallest absolute Gasteiger partial charge is 0.378 e. The third kappa shape index (κ3) is 4.05. The molecule has 1 aliphatic rings. The van der Waals surface area contributed by atoms with Crippen molar-refractivity contribution >= 4 is 17.4 Å². The number of nitrogens with zero attached hydrogens (tertiary/aromatic N) is 1. The first-order valence-corrected chi connectivity index (χ1v) is 7.14. The average molecular weight is 315 g/mol. The van der Waals surface area contributed by atoms with Gasteiger partial charge in [0, 0.05) is 25.8 Å². The predicted octanol–water partition coefficient (Wildman–Crippen LogP) is 3.69. The highest BCUT2D eigenvalue weighted by atomic mass is 19.4. The zero-order chi connectivity index (χ0) is 16.5. The van der Waals surface area contributed by atoms with Gasteiger partial charge in [-0.2, -0.15) is 13.2 Å². The van der Waals surface area contributed by atoms with Gasteiger partial charge in [0.2, 0.25) is 0 Å². The second-order valence-corrected chi connectivity index (χ2v) is 5.85. The molecule has 1 unspecified atom stereocenters. The number of nitrogens with one attached hydrogen (secondary N) is 2. The van der Waals surface area contributed by atoms with Crippen LogP contribution in [0.2, 0.25) is 0 Å². The van der Waals surface area contributed by atoms with Crippen molar-refractivity contribution in [3.8, 4) is 0 Å². The molecule has 1 atom stereocenters. The molecule has 0 spiro atoms. The average Bonchev–Trinajstić information content (AvgIpc) is 3.21. The Kier molecular flexibility index (Phi) is 4.53. The molecule has 7 heteroatoms. The van der Waals surface area contributed by atoms with Gasteiger partial charge in [-0.3, -0.25) is 0 Å². The van der Waals surface area contributed by atoms with Gasteiger partial charge in [-0.1, -0.05) is 0 Å². The molecule has 122 valence electrons. The number of carbonyl (C=O) groups is 1. The molecule has 1 aromatic rings. The lowest BCUT2D eigenvalue weighted by atomic mass is 10.1. The van der Waals surface area contributed by atoms with Crippen LogP contribution in [-0.4, -0.2) is 26.2 Å². The largest absolute Gasteiger partial charge is 0.418 e. The number of urea groups is 1. The molecule has 0 heterocycles. The molecule has 0 radical (unpaired) electrons. The van der Waals surface area contributed by atoms with Crippen LogP contribution in [0.15, 0.2) is 18.2 Å². The zero-order valence-corrected chi connectivity index (χ0v) is 12.8. The Balaban J connectivity index is 2.16. The van der Waals surface area contributed by atoms with E-state index in [1.54, 1.807) is 19.0 Å². The number of alkyl halides is 3. The minimum atomic E-state index is -4.53. The first-order chi connectivity index (χ1) is 10.2. The number of benzene rings is 1. The topological polar surface area (TPSA) is 44.4 Å². The highest BCUT2D eigenvalue weighted by Crippen LogP contribution is 2.37. The summed E-state index contributed by atoms with van der Waals surface area (Å²) in [6, 6.07) is 3.20. The number of hydrogen-bond donors (Lipinski definition) is 2. The van der Waals surface area contributed by atoms with Gasteiger partial charge in [0.05, 0.1) is 11.3 Å². The van der Waals surface area contributed by atoms with Gasteiger partial charge in [0.15, 0.2) is 0 Å². The number of carbonyl (C=O) groups excluding carboxylic acids is 1. The Morgan fingerprint density at radius 2 is 1.95 bits per heavy atom. The minimum absolute atomic E-state index is 0.0321. The molecule has 0 saturated heterocycles. The number of anilines is 2. The standard InChI is InChI=1S/C15H20F3N3O/c1-9(10-4-5-10)19-14(22)20-13-7-6-11(21(2)3)8-12(13)15(16,17)18/h6-10H,4-5H2,1-3H3,(H2,19,20,22). The molecule has 0 aromatic heterocycles. The van der Waals surface area contributed by atoms with Gasteiger partial charge in [-0.05, 0) is 43.9 Å². The first-order valence-electron chi connectivity index (χ1n) is 7.14. The lowest BCUT2D eigenvalue weighted by molar-refractivity contribution is -0.136. The van der Waals surface area contributed by atoms with Gasteiger partial charge < -0.3 is 15.5 Å². The summed E-state index contributed by atoms with van der Waals surface area (Å²) in [5.41, 5.74) is -0.670. The third-order valence-electron chi connectivity index (χ3n) is 3.76. The van der Waals surface area contributed by atoms with Crippen LogP contribution in [0, 0.1) is 5.92 Å². The maximum atomic E-state index is 13.2. The van der Waals surface area contributed by atoms with Crippen LogP contribution in [0.3, 0.4) is 0 Å². The molecule has 22 heavy (non-hydrogen) atoms. The molecule has 0 bridgehead atoms. The maximum Gasteiger partial charge on any atom is 0.418 e. The van der Waals surface area contributed by atoms with Crippen molar-refractivity contribution in [1.82, 2.24) is 5.32 Å². The van der Waals surface area contributed by atoms with E-state index in [4.69, 9.17) is 0 Å². The van der Waals surface area contributed by atoms with E-state index < -0.39 is 17.8 Å². The normalized spacial score (nSPS) is 16.1. The summed E-state index contributed by atoms with van der Waals surface area (Å²) in [5, 5.41) is 4.99. The van der Waals surface area contributed by atoms with Crippen molar-refractivity contribution in [3.63, 3.8) is 0 Å². The number of amides is 2. The summed E-state index contributed by atoms with van der Waals surface area (Å²) in [4.78, 5) is 13.4. The first kappa shape index (κ1) is 16.5. The molecule has 4 nitrogen and oxygen atoms in total. The monoisotopic (exact) mass is 315 g/mol. The van der Waals surface area contributed by atoms with E-state index in [1.165, 1.54) is 12.1 Å². The molecule has 0 aliphatic heterocycles. The van der Waals surface area contributed by atoms with Crippen molar-refractivity contribution in [3.05, 3.63) is 23.8 Å². The van der Waals surface area contributed by atoms with Crippen LogP contribution < -0.4 is 15.5 Å². The van der Waals surface area contributed by atoms with E-state index in [9.17, 15) is 18.0 Å². The number of hydrogen-bond acceptors (Lipinski definition) is 2. The van der Waals surface area contributed by atoms with Crippen molar-refractivity contribution in [1.29, 1.82) is 0 Å². The van der Waals surface area contributed by atoms with Crippen LogP contribution in [0.1, 0.15) is 25.3 Å². The van der Waals surface area contributed by atoms with Crippen LogP contribution in [0.5, 0.6) is 0 Å². The van der Waals surface area contributed by atoms with Gasteiger partial charge >= 0.3 is 12.2 Å². The zero-order valence-electron chi connectivity index (χ0n) is 12.8. The van der Waals surface area contributed by atoms with Crippen LogP contribution in [0.25, 0.3) is 0 Å². The van der Waals surface area contributed by atoms with Crippen molar-refractivity contribution in [2.45, 2.75) is 32.0 Å². The van der Waals surface area contributed by atoms with E-state index in [0.29, 0.717) is 11.6 Å². The van der Waals surface area contributed by atoms with Gasteiger partial charge in [-0.15, -0.1) is 0 Å². The fourth-order valence-corrected chi connectivity index (χ4v) is 2.23. The second-order valence-electron chi connectivity index (χ2n) is 5.85. The summed E-state index contributed by atoms with van der Waals surface area (Å²) in [5.74, 6) is 0.434. The Morgan fingerprint density at radius 1 is 1.32 bits per heavy atom. The molecule has 2 N–H and O–H groups in total. The van der Waals surface area contributed by atoms with Gasteiger partial charge in [-0.25, -0.2) is 4.79 Å². The maximum absolute atomic E-state index is 13.2. The molecule has 1 aromatic carbocycles. The Morgan fingerprint density at radius 3 is 2.45 bits per heavy atom. The minimum Gasteiger partial charge on any atom is -0.378 e. The molecular formula is C15H20F3N3O. The van der Waals surface area contributed by atoms with Crippen molar-refractivity contribution < 1.29 is 18.0 Å². The number of rotatable bonds is 4. The molecule has 1 fully saturated rings. The van der Waals surface area contributed by atoms with Crippen molar-refractivity contribution in [2.75, 3.05) is 24.3 Å². The highest BCUT2D eigenvalue weighted by molar-refractivity contribution is 5.90. The summed E-state index contributed by atoms with van der Waals surface area (Å²) in [7, 11) is 3.32. The van der Waals surface area contributed by atoms with Gasteiger partial charge in [0.1, 0.15) is 0 Å².